The average molecular weight is 425 g/mol. The summed E-state index contributed by atoms with van der Waals surface area (Å²) in [5.74, 6) is 0.234. The molecule has 7 heteroatoms. The van der Waals surface area contributed by atoms with Crippen LogP contribution in [0.3, 0.4) is 0 Å². The first-order valence-electron chi connectivity index (χ1n) is 9.22. The molecule has 3 unspecified atom stereocenters. The molecule has 28 heavy (non-hydrogen) atoms. The number of aliphatic hydroxyl groups is 1. The molecule has 152 valence electrons. The summed E-state index contributed by atoms with van der Waals surface area (Å²) in [6.07, 6.45) is 8.79. The third-order valence-electron chi connectivity index (χ3n) is 4.25. The second-order valence-electron chi connectivity index (χ2n) is 6.58. The molecule has 0 fully saturated rings. The molecule has 0 bridgehead atoms. The van der Waals surface area contributed by atoms with Crippen LogP contribution < -0.4 is 4.74 Å². The predicted molar refractivity (Wildman–Crippen MR) is 112 cm³/mol. The number of ether oxygens (including phenoxy) is 1. The number of allylic oxidation sites excluding steroid dienone is 3. The van der Waals surface area contributed by atoms with Crippen LogP contribution in [0.2, 0.25) is 5.02 Å². The normalized spacial score (nSPS) is 20.0. The van der Waals surface area contributed by atoms with Crippen molar-refractivity contribution in [2.24, 2.45) is 5.92 Å². The molecular formula is C21H25ClO5S. The number of hydrogen-bond donors (Lipinski definition) is 2. The summed E-state index contributed by atoms with van der Waals surface area (Å²) in [6.45, 7) is 0.159. The van der Waals surface area contributed by atoms with Gasteiger partial charge in [-0.3, -0.25) is 9.59 Å². The zero-order chi connectivity index (χ0) is 20.4. The van der Waals surface area contributed by atoms with E-state index in [4.69, 9.17) is 21.4 Å². The maximum atomic E-state index is 12.1. The topological polar surface area (TPSA) is 83.8 Å². The summed E-state index contributed by atoms with van der Waals surface area (Å²) in [5.41, 5.74) is 0. The van der Waals surface area contributed by atoms with Crippen molar-refractivity contribution in [3.63, 3.8) is 0 Å². The lowest BCUT2D eigenvalue weighted by Gasteiger charge is -2.18. The van der Waals surface area contributed by atoms with Crippen LogP contribution in [-0.4, -0.2) is 45.7 Å². The van der Waals surface area contributed by atoms with Gasteiger partial charge >= 0.3 is 5.97 Å². The lowest BCUT2D eigenvalue weighted by Crippen LogP contribution is -2.24. The lowest BCUT2D eigenvalue weighted by atomic mass is 10.0. The van der Waals surface area contributed by atoms with Crippen LogP contribution in [0, 0.1) is 5.92 Å². The Labute approximate surface area is 174 Å². The van der Waals surface area contributed by atoms with Gasteiger partial charge < -0.3 is 14.9 Å². The molecule has 0 saturated carbocycles. The molecule has 0 spiro atoms. The monoisotopic (exact) mass is 424 g/mol. The van der Waals surface area contributed by atoms with E-state index in [1.54, 1.807) is 30.3 Å². The summed E-state index contributed by atoms with van der Waals surface area (Å²) < 4.78 is 5.55. The first-order valence-corrected chi connectivity index (χ1v) is 10.6. The molecule has 1 aliphatic rings. The van der Waals surface area contributed by atoms with Gasteiger partial charge in [0.15, 0.2) is 5.78 Å². The zero-order valence-corrected chi connectivity index (χ0v) is 17.1. The number of carbonyl (C=O) groups excluding carboxylic acids is 1. The fourth-order valence-corrected chi connectivity index (χ4v) is 4.17. The minimum Gasteiger partial charge on any atom is -0.491 e. The van der Waals surface area contributed by atoms with Crippen LogP contribution in [0.5, 0.6) is 5.75 Å². The van der Waals surface area contributed by atoms with Crippen LogP contribution >= 0.6 is 23.4 Å². The maximum absolute atomic E-state index is 12.1. The number of aliphatic hydroxyl groups excluding tert-OH is 1. The van der Waals surface area contributed by atoms with Gasteiger partial charge in [0, 0.05) is 28.4 Å². The number of benzene rings is 1. The van der Waals surface area contributed by atoms with Crippen LogP contribution in [0.4, 0.5) is 0 Å². The third-order valence-corrected chi connectivity index (χ3v) is 5.93. The van der Waals surface area contributed by atoms with Crippen molar-refractivity contribution in [2.75, 3.05) is 12.4 Å². The van der Waals surface area contributed by atoms with E-state index in [0.717, 1.165) is 0 Å². The fraction of sp³-hybridized carbons (Fsp3) is 0.429. The molecule has 0 aromatic heterocycles. The number of thioether (sulfide) groups is 1. The van der Waals surface area contributed by atoms with E-state index in [0.29, 0.717) is 35.8 Å². The van der Waals surface area contributed by atoms with Gasteiger partial charge in [0.1, 0.15) is 12.4 Å². The molecule has 5 nitrogen and oxygen atoms in total. The largest absolute Gasteiger partial charge is 0.491 e. The zero-order valence-electron chi connectivity index (χ0n) is 15.5. The second kappa shape index (κ2) is 11.9. The van der Waals surface area contributed by atoms with Crippen LogP contribution in [0.25, 0.3) is 0 Å². The van der Waals surface area contributed by atoms with E-state index in [2.05, 4.69) is 0 Å². The van der Waals surface area contributed by atoms with E-state index in [1.807, 2.05) is 18.2 Å². The fourth-order valence-electron chi connectivity index (χ4n) is 2.78. The number of ketones is 1. The number of carboxylic acid groups (broad SMARTS) is 1. The minimum absolute atomic E-state index is 0.0250. The first-order chi connectivity index (χ1) is 13.5. The Bertz CT molecular complexity index is 719. The molecule has 1 aliphatic carbocycles. The van der Waals surface area contributed by atoms with E-state index in [1.165, 1.54) is 11.8 Å². The Hall–Kier alpha value is -1.76. The third kappa shape index (κ3) is 8.09. The van der Waals surface area contributed by atoms with Crippen molar-refractivity contribution in [2.45, 2.75) is 37.0 Å². The van der Waals surface area contributed by atoms with Crippen molar-refractivity contribution in [1.29, 1.82) is 0 Å². The number of aliphatic carboxylic acids is 1. The van der Waals surface area contributed by atoms with Crippen molar-refractivity contribution in [1.82, 2.24) is 0 Å². The number of carboxylic acids is 1. The molecule has 2 N–H and O–H groups in total. The Morgan fingerprint density at radius 2 is 2.18 bits per heavy atom. The van der Waals surface area contributed by atoms with Crippen molar-refractivity contribution in [3.05, 3.63) is 53.6 Å². The van der Waals surface area contributed by atoms with Gasteiger partial charge in [-0.15, -0.1) is 0 Å². The molecular weight excluding hydrogens is 400 g/mol. The Kier molecular flexibility index (Phi) is 9.61. The van der Waals surface area contributed by atoms with Gasteiger partial charge in [0.25, 0.3) is 0 Å². The van der Waals surface area contributed by atoms with Gasteiger partial charge in [-0.05, 0) is 43.5 Å². The van der Waals surface area contributed by atoms with E-state index < -0.39 is 12.1 Å². The standard InChI is InChI=1S/C21H25ClO5S/c22-15-6-5-7-17(12-15)27-13-16(23)14-28-20-11-10-19(24)18(20)8-3-1-2-4-9-21(25)26/h1,3,5-7,10-12,16,18,20,23H,2,4,8-9,13-14H2,(H,25,26). The Balaban J connectivity index is 1.70. The second-order valence-corrected chi connectivity index (χ2v) is 8.23. The summed E-state index contributed by atoms with van der Waals surface area (Å²) >= 11 is 7.44. The Morgan fingerprint density at radius 3 is 2.93 bits per heavy atom. The van der Waals surface area contributed by atoms with E-state index in [9.17, 15) is 14.7 Å². The number of unbranched alkanes of at least 4 members (excludes halogenated alkanes) is 1. The summed E-state index contributed by atoms with van der Waals surface area (Å²) in [5, 5.41) is 19.4. The van der Waals surface area contributed by atoms with Crippen LogP contribution in [0.15, 0.2) is 48.6 Å². The molecule has 3 atom stereocenters. The molecule has 0 aliphatic heterocycles. The molecule has 0 radical (unpaired) electrons. The smallest absolute Gasteiger partial charge is 0.303 e. The molecule has 0 amide bonds. The van der Waals surface area contributed by atoms with Crippen LogP contribution in [-0.2, 0) is 9.59 Å². The summed E-state index contributed by atoms with van der Waals surface area (Å²) in [4.78, 5) is 22.6. The SMILES string of the molecule is O=C(O)CCCC=CCC1C(=O)C=CC1SCC(O)COc1cccc(Cl)c1. The highest BCUT2D eigenvalue weighted by atomic mass is 35.5. The predicted octanol–water partition coefficient (Wildman–Crippen LogP) is 4.14. The summed E-state index contributed by atoms with van der Waals surface area (Å²) in [7, 11) is 0. The molecule has 2 rings (SSSR count). The first kappa shape index (κ1) is 22.5. The number of carbonyl (C=O) groups is 2. The number of hydrogen-bond acceptors (Lipinski definition) is 5. The molecule has 1 aromatic carbocycles. The molecule has 0 saturated heterocycles. The highest BCUT2D eigenvalue weighted by Crippen LogP contribution is 2.31. The number of rotatable bonds is 12. The van der Waals surface area contributed by atoms with Gasteiger partial charge in [-0.2, -0.15) is 11.8 Å². The number of halogens is 1. The van der Waals surface area contributed by atoms with Gasteiger partial charge in [0.05, 0.1) is 6.10 Å². The molecule has 0 heterocycles. The van der Waals surface area contributed by atoms with E-state index in [-0.39, 0.29) is 30.0 Å². The molecule has 1 aromatic rings. The van der Waals surface area contributed by atoms with Crippen molar-refractivity contribution in [3.8, 4) is 5.75 Å². The van der Waals surface area contributed by atoms with Crippen molar-refractivity contribution >= 4 is 35.1 Å². The highest BCUT2D eigenvalue weighted by molar-refractivity contribution is 8.00. The lowest BCUT2D eigenvalue weighted by molar-refractivity contribution is -0.137. The van der Waals surface area contributed by atoms with Gasteiger partial charge in [-0.25, -0.2) is 0 Å². The summed E-state index contributed by atoms with van der Waals surface area (Å²) in [6, 6.07) is 7.01. The van der Waals surface area contributed by atoms with Crippen molar-refractivity contribution < 1.29 is 24.5 Å². The minimum atomic E-state index is -0.794. The quantitative estimate of drug-likeness (QED) is 0.387. The highest BCUT2D eigenvalue weighted by Gasteiger charge is 2.29. The Morgan fingerprint density at radius 1 is 1.36 bits per heavy atom. The van der Waals surface area contributed by atoms with Gasteiger partial charge in [-0.1, -0.05) is 35.9 Å². The maximum Gasteiger partial charge on any atom is 0.303 e. The van der Waals surface area contributed by atoms with Crippen LogP contribution in [0.1, 0.15) is 25.7 Å². The van der Waals surface area contributed by atoms with Gasteiger partial charge in [0.2, 0.25) is 0 Å². The van der Waals surface area contributed by atoms with E-state index >= 15 is 0 Å². The average Bonchev–Trinajstić information content (AvgIpc) is 3.01.